The second kappa shape index (κ2) is 8.54. The molecule has 0 aliphatic carbocycles. The number of hydrogen-bond acceptors (Lipinski definition) is 3. The molecule has 0 spiro atoms. The monoisotopic (exact) mass is 269 g/mol. The second-order valence-electron chi connectivity index (χ2n) is 6.39. The summed E-state index contributed by atoms with van der Waals surface area (Å²) in [5.74, 6) is 1.60. The van der Waals surface area contributed by atoms with Crippen LogP contribution in [-0.2, 0) is 4.79 Å². The van der Waals surface area contributed by atoms with E-state index in [1.54, 1.807) is 0 Å². The quantitative estimate of drug-likeness (QED) is 0.701. The summed E-state index contributed by atoms with van der Waals surface area (Å²) in [6.45, 7) is 10.3. The summed E-state index contributed by atoms with van der Waals surface area (Å²) in [5.41, 5.74) is 0. The molecule has 112 valence electrons. The van der Waals surface area contributed by atoms with Crippen LogP contribution >= 0.6 is 0 Å². The lowest BCUT2D eigenvalue weighted by Crippen LogP contribution is -2.40. The molecule has 0 aromatic heterocycles. The van der Waals surface area contributed by atoms with Crippen molar-refractivity contribution in [3.63, 3.8) is 0 Å². The molecule has 0 saturated carbocycles. The van der Waals surface area contributed by atoms with Crippen LogP contribution in [0.25, 0.3) is 0 Å². The van der Waals surface area contributed by atoms with Crippen molar-refractivity contribution in [3.8, 4) is 0 Å². The van der Waals surface area contributed by atoms with Crippen LogP contribution in [0.5, 0.6) is 0 Å². The molecule has 4 heteroatoms. The summed E-state index contributed by atoms with van der Waals surface area (Å²) in [4.78, 5) is 14.2. The van der Waals surface area contributed by atoms with Crippen LogP contribution in [0.2, 0.25) is 0 Å². The van der Waals surface area contributed by atoms with E-state index >= 15 is 0 Å². The number of amides is 1. The molecule has 1 fully saturated rings. The Morgan fingerprint density at radius 1 is 1.32 bits per heavy atom. The highest BCUT2D eigenvalue weighted by molar-refractivity contribution is 5.78. The van der Waals surface area contributed by atoms with Crippen molar-refractivity contribution in [3.05, 3.63) is 0 Å². The summed E-state index contributed by atoms with van der Waals surface area (Å²) in [7, 11) is 1.99. The summed E-state index contributed by atoms with van der Waals surface area (Å²) >= 11 is 0. The van der Waals surface area contributed by atoms with Gasteiger partial charge >= 0.3 is 0 Å². The van der Waals surface area contributed by atoms with Gasteiger partial charge in [0.05, 0.1) is 6.54 Å². The topological polar surface area (TPSA) is 44.4 Å². The van der Waals surface area contributed by atoms with Crippen molar-refractivity contribution in [2.24, 2.45) is 11.8 Å². The van der Waals surface area contributed by atoms with E-state index in [0.29, 0.717) is 24.4 Å². The molecule has 1 heterocycles. The van der Waals surface area contributed by atoms with Crippen molar-refractivity contribution >= 4 is 5.91 Å². The summed E-state index contributed by atoms with van der Waals surface area (Å²) in [6.07, 6.45) is 3.46. The smallest absolute Gasteiger partial charge is 0.234 e. The zero-order valence-corrected chi connectivity index (χ0v) is 13.0. The fraction of sp³-hybridized carbons (Fsp3) is 0.933. The van der Waals surface area contributed by atoms with Crippen LogP contribution in [0, 0.1) is 11.8 Å². The SMILES string of the molecule is CNCC1CCN(CC(=O)NC(C)CCC(C)C)C1. The summed E-state index contributed by atoms with van der Waals surface area (Å²) in [5, 5.41) is 6.33. The first-order valence-corrected chi connectivity index (χ1v) is 7.67. The van der Waals surface area contributed by atoms with Crippen LogP contribution < -0.4 is 10.6 Å². The van der Waals surface area contributed by atoms with E-state index in [1.165, 1.54) is 12.8 Å². The Hall–Kier alpha value is -0.610. The van der Waals surface area contributed by atoms with Crippen molar-refractivity contribution in [1.82, 2.24) is 15.5 Å². The van der Waals surface area contributed by atoms with Gasteiger partial charge in [0.15, 0.2) is 0 Å². The van der Waals surface area contributed by atoms with Crippen LogP contribution in [-0.4, -0.2) is 50.1 Å². The Kier molecular flexibility index (Phi) is 7.39. The molecule has 1 rings (SSSR count). The van der Waals surface area contributed by atoms with Gasteiger partial charge in [0.2, 0.25) is 5.91 Å². The minimum Gasteiger partial charge on any atom is -0.353 e. The summed E-state index contributed by atoms with van der Waals surface area (Å²) < 4.78 is 0. The predicted octanol–water partition coefficient (Wildman–Crippen LogP) is 1.47. The average Bonchev–Trinajstić information content (AvgIpc) is 2.74. The van der Waals surface area contributed by atoms with Crippen LogP contribution in [0.1, 0.15) is 40.0 Å². The lowest BCUT2D eigenvalue weighted by atomic mass is 10.0. The molecule has 0 radical (unpaired) electrons. The molecular formula is C15H31N3O. The Bertz CT molecular complexity index is 268. The average molecular weight is 269 g/mol. The zero-order valence-electron chi connectivity index (χ0n) is 13.0. The normalized spacial score (nSPS) is 21.8. The van der Waals surface area contributed by atoms with Gasteiger partial charge in [0.1, 0.15) is 0 Å². The third-order valence-electron chi connectivity index (χ3n) is 3.81. The maximum absolute atomic E-state index is 12.0. The van der Waals surface area contributed by atoms with Gasteiger partial charge < -0.3 is 10.6 Å². The molecule has 2 N–H and O–H groups in total. The van der Waals surface area contributed by atoms with E-state index in [2.05, 4.69) is 36.3 Å². The molecule has 2 unspecified atom stereocenters. The number of carbonyl (C=O) groups excluding carboxylic acids is 1. The van der Waals surface area contributed by atoms with Crippen LogP contribution in [0.15, 0.2) is 0 Å². The van der Waals surface area contributed by atoms with Gasteiger partial charge in [-0.3, -0.25) is 9.69 Å². The molecule has 19 heavy (non-hydrogen) atoms. The van der Waals surface area contributed by atoms with Crippen molar-refractivity contribution in [2.45, 2.75) is 46.1 Å². The van der Waals surface area contributed by atoms with Gasteiger partial charge in [-0.2, -0.15) is 0 Å². The van der Waals surface area contributed by atoms with E-state index in [9.17, 15) is 4.79 Å². The predicted molar refractivity (Wildman–Crippen MR) is 80.2 cm³/mol. The number of nitrogens with one attached hydrogen (secondary N) is 2. The van der Waals surface area contributed by atoms with E-state index in [-0.39, 0.29) is 5.91 Å². The molecule has 0 aromatic carbocycles. The number of carbonyl (C=O) groups is 1. The van der Waals surface area contributed by atoms with E-state index < -0.39 is 0 Å². The molecule has 0 aromatic rings. The van der Waals surface area contributed by atoms with Crippen LogP contribution in [0.4, 0.5) is 0 Å². The maximum Gasteiger partial charge on any atom is 0.234 e. The highest BCUT2D eigenvalue weighted by Gasteiger charge is 2.23. The van der Waals surface area contributed by atoms with Gasteiger partial charge in [0, 0.05) is 12.6 Å². The standard InChI is InChI=1S/C15H31N3O/c1-12(2)5-6-13(3)17-15(19)11-18-8-7-14(10-18)9-16-4/h12-14,16H,5-11H2,1-4H3,(H,17,19). The fourth-order valence-electron chi connectivity index (χ4n) is 2.69. The number of nitrogens with zero attached hydrogens (tertiary/aromatic N) is 1. The minimum absolute atomic E-state index is 0.182. The van der Waals surface area contributed by atoms with Crippen LogP contribution in [0.3, 0.4) is 0 Å². The van der Waals surface area contributed by atoms with E-state index in [1.807, 2.05) is 7.05 Å². The molecule has 4 nitrogen and oxygen atoms in total. The molecule has 1 aliphatic rings. The van der Waals surface area contributed by atoms with E-state index in [0.717, 1.165) is 26.1 Å². The van der Waals surface area contributed by atoms with Crippen molar-refractivity contribution in [2.75, 3.05) is 33.2 Å². The van der Waals surface area contributed by atoms with Gasteiger partial charge in [-0.15, -0.1) is 0 Å². The highest BCUT2D eigenvalue weighted by Crippen LogP contribution is 2.14. The van der Waals surface area contributed by atoms with Gasteiger partial charge in [0.25, 0.3) is 0 Å². The number of likely N-dealkylation sites (tertiary alicyclic amines) is 1. The minimum atomic E-state index is 0.182. The third kappa shape index (κ3) is 6.92. The summed E-state index contributed by atoms with van der Waals surface area (Å²) in [6, 6.07) is 0.297. The highest BCUT2D eigenvalue weighted by atomic mass is 16.2. The Labute approximate surface area is 118 Å². The first-order chi connectivity index (χ1) is 9.01. The molecule has 1 aliphatic heterocycles. The first-order valence-electron chi connectivity index (χ1n) is 7.67. The van der Waals surface area contributed by atoms with Crippen molar-refractivity contribution in [1.29, 1.82) is 0 Å². The van der Waals surface area contributed by atoms with Gasteiger partial charge in [-0.1, -0.05) is 13.8 Å². The molecule has 1 saturated heterocycles. The molecule has 1 amide bonds. The van der Waals surface area contributed by atoms with Crippen molar-refractivity contribution < 1.29 is 4.79 Å². The Morgan fingerprint density at radius 3 is 2.68 bits per heavy atom. The Morgan fingerprint density at radius 2 is 2.05 bits per heavy atom. The van der Waals surface area contributed by atoms with Gasteiger partial charge in [-0.25, -0.2) is 0 Å². The fourth-order valence-corrected chi connectivity index (χ4v) is 2.69. The van der Waals surface area contributed by atoms with E-state index in [4.69, 9.17) is 0 Å². The zero-order chi connectivity index (χ0) is 14.3. The Balaban J connectivity index is 2.17. The maximum atomic E-state index is 12.0. The van der Waals surface area contributed by atoms with Gasteiger partial charge in [-0.05, 0) is 58.2 Å². The molecule has 2 atom stereocenters. The lowest BCUT2D eigenvalue weighted by molar-refractivity contribution is -0.122. The first kappa shape index (κ1) is 16.4. The third-order valence-corrected chi connectivity index (χ3v) is 3.81. The molecule has 0 bridgehead atoms. The molecular weight excluding hydrogens is 238 g/mol. The lowest BCUT2D eigenvalue weighted by Gasteiger charge is -2.19. The largest absolute Gasteiger partial charge is 0.353 e. The second-order valence-corrected chi connectivity index (χ2v) is 6.39. The number of rotatable bonds is 8. The number of hydrogen-bond donors (Lipinski definition) is 2.